The molecule has 156 valence electrons. The van der Waals surface area contributed by atoms with Gasteiger partial charge in [-0.05, 0) is 12.5 Å². The van der Waals surface area contributed by atoms with Crippen LogP contribution in [0.1, 0.15) is 59.9 Å². The van der Waals surface area contributed by atoms with Gasteiger partial charge in [-0.15, -0.1) is 0 Å². The number of carbonyl (C=O) groups excluding carboxylic acids is 1. The molecule has 11 heteroatoms. The topological polar surface area (TPSA) is 109 Å². The molecule has 0 spiro atoms. The fourth-order valence-corrected chi connectivity index (χ4v) is 4.10. The monoisotopic (exact) mass is 435 g/mol. The number of alkyl halides is 2. The summed E-state index contributed by atoms with van der Waals surface area (Å²) in [6.45, 7) is 3.93. The van der Waals surface area contributed by atoms with Crippen molar-refractivity contribution in [3.05, 3.63) is 52.2 Å². The number of rotatable bonds is 4. The van der Waals surface area contributed by atoms with Gasteiger partial charge in [-0.2, -0.15) is 5.10 Å². The predicted molar refractivity (Wildman–Crippen MR) is 103 cm³/mol. The van der Waals surface area contributed by atoms with Crippen molar-refractivity contribution in [2.75, 3.05) is 5.32 Å². The SMILES string of the molecule is CC1(C)CC(C(=O)Nc2cnc(C(=O)O)c(C(F)F)c2)c2cnc3cc(Cl)nn3c21. The van der Waals surface area contributed by atoms with Crippen molar-refractivity contribution < 1.29 is 23.5 Å². The number of nitrogens with one attached hydrogen (secondary N) is 1. The average molecular weight is 436 g/mol. The van der Waals surface area contributed by atoms with E-state index in [2.05, 4.69) is 20.4 Å². The number of nitrogens with zero attached hydrogens (tertiary/aromatic N) is 4. The highest BCUT2D eigenvalue weighted by atomic mass is 35.5. The van der Waals surface area contributed by atoms with Gasteiger partial charge in [-0.25, -0.2) is 28.1 Å². The fraction of sp³-hybridized carbons (Fsp3) is 0.316. The molecule has 3 aromatic heterocycles. The fourth-order valence-electron chi connectivity index (χ4n) is 3.93. The first kappa shape index (κ1) is 20.1. The summed E-state index contributed by atoms with van der Waals surface area (Å²) in [4.78, 5) is 31.9. The summed E-state index contributed by atoms with van der Waals surface area (Å²) in [5.74, 6) is -2.61. The summed E-state index contributed by atoms with van der Waals surface area (Å²) in [5, 5.41) is 16.1. The van der Waals surface area contributed by atoms with E-state index in [1.807, 2.05) is 13.8 Å². The van der Waals surface area contributed by atoms with Crippen LogP contribution in [0.2, 0.25) is 5.15 Å². The summed E-state index contributed by atoms with van der Waals surface area (Å²) >= 11 is 6.00. The Morgan fingerprint density at radius 1 is 1.30 bits per heavy atom. The number of hydrogen-bond acceptors (Lipinski definition) is 5. The smallest absolute Gasteiger partial charge is 0.354 e. The third-order valence-electron chi connectivity index (χ3n) is 5.15. The number of carbonyl (C=O) groups is 2. The molecule has 3 aromatic rings. The second kappa shape index (κ2) is 6.98. The lowest BCUT2D eigenvalue weighted by Crippen LogP contribution is -2.22. The van der Waals surface area contributed by atoms with Crippen LogP contribution in [0.4, 0.5) is 14.5 Å². The van der Waals surface area contributed by atoms with E-state index in [1.54, 1.807) is 16.8 Å². The molecule has 30 heavy (non-hydrogen) atoms. The van der Waals surface area contributed by atoms with E-state index < -0.39 is 40.9 Å². The van der Waals surface area contributed by atoms with Gasteiger partial charge in [0.05, 0.1) is 29.1 Å². The highest BCUT2D eigenvalue weighted by Gasteiger charge is 2.43. The third-order valence-corrected chi connectivity index (χ3v) is 5.34. The Bertz CT molecular complexity index is 1190. The molecule has 3 heterocycles. The van der Waals surface area contributed by atoms with E-state index in [0.29, 0.717) is 17.6 Å². The lowest BCUT2D eigenvalue weighted by Gasteiger charge is -2.19. The Hall–Kier alpha value is -3.14. The number of hydrogen-bond donors (Lipinski definition) is 2. The number of carboxylic acids is 1. The van der Waals surface area contributed by atoms with Crippen LogP contribution in [0.3, 0.4) is 0 Å². The molecular formula is C19H16ClF2N5O3. The first-order chi connectivity index (χ1) is 14.1. The molecule has 1 aliphatic rings. The highest BCUT2D eigenvalue weighted by molar-refractivity contribution is 6.29. The third kappa shape index (κ3) is 3.26. The van der Waals surface area contributed by atoms with Crippen LogP contribution in [-0.2, 0) is 10.2 Å². The number of amides is 1. The molecule has 1 amide bonds. The summed E-state index contributed by atoms with van der Waals surface area (Å²) < 4.78 is 28.0. The van der Waals surface area contributed by atoms with Gasteiger partial charge in [0.2, 0.25) is 5.91 Å². The van der Waals surface area contributed by atoms with Crippen LogP contribution in [0.15, 0.2) is 24.5 Å². The van der Waals surface area contributed by atoms with Crippen LogP contribution >= 0.6 is 11.6 Å². The maximum atomic E-state index is 13.2. The number of aromatic nitrogens is 4. The van der Waals surface area contributed by atoms with Gasteiger partial charge in [0.25, 0.3) is 6.43 Å². The van der Waals surface area contributed by atoms with Crippen LogP contribution in [0.5, 0.6) is 0 Å². The molecule has 1 atom stereocenters. The maximum absolute atomic E-state index is 13.2. The molecule has 0 bridgehead atoms. The molecule has 0 saturated heterocycles. The zero-order valence-electron chi connectivity index (χ0n) is 15.9. The lowest BCUT2D eigenvalue weighted by molar-refractivity contribution is -0.117. The van der Waals surface area contributed by atoms with Crippen molar-refractivity contribution in [1.82, 2.24) is 19.6 Å². The van der Waals surface area contributed by atoms with Crippen LogP contribution < -0.4 is 5.32 Å². The number of aromatic carboxylic acids is 1. The van der Waals surface area contributed by atoms with Crippen LogP contribution in [0.25, 0.3) is 5.65 Å². The van der Waals surface area contributed by atoms with Crippen molar-refractivity contribution in [1.29, 1.82) is 0 Å². The first-order valence-electron chi connectivity index (χ1n) is 8.95. The number of anilines is 1. The van der Waals surface area contributed by atoms with Gasteiger partial charge in [0, 0.05) is 23.2 Å². The largest absolute Gasteiger partial charge is 0.476 e. The Kier molecular flexibility index (Phi) is 4.69. The molecule has 0 saturated carbocycles. The van der Waals surface area contributed by atoms with Crippen LogP contribution in [-0.4, -0.2) is 36.6 Å². The van der Waals surface area contributed by atoms with Crippen LogP contribution in [0, 0.1) is 0 Å². The van der Waals surface area contributed by atoms with E-state index >= 15 is 0 Å². The second-order valence-electron chi connectivity index (χ2n) is 7.70. The van der Waals surface area contributed by atoms with E-state index in [1.165, 1.54) is 0 Å². The van der Waals surface area contributed by atoms with Crippen molar-refractivity contribution in [2.45, 2.75) is 38.0 Å². The number of fused-ring (bicyclic) bond motifs is 3. The summed E-state index contributed by atoms with van der Waals surface area (Å²) in [5.41, 5.74) is 0.0687. The van der Waals surface area contributed by atoms with Gasteiger partial charge in [-0.3, -0.25) is 4.79 Å². The van der Waals surface area contributed by atoms with Crippen molar-refractivity contribution in [3.63, 3.8) is 0 Å². The Balaban J connectivity index is 1.69. The Morgan fingerprint density at radius 3 is 2.70 bits per heavy atom. The number of carboxylic acid groups (broad SMARTS) is 1. The van der Waals surface area contributed by atoms with E-state index in [9.17, 15) is 18.4 Å². The molecule has 4 rings (SSSR count). The van der Waals surface area contributed by atoms with Crippen molar-refractivity contribution in [2.24, 2.45) is 0 Å². The summed E-state index contributed by atoms with van der Waals surface area (Å²) in [6, 6.07) is 2.54. The highest BCUT2D eigenvalue weighted by Crippen LogP contribution is 2.46. The van der Waals surface area contributed by atoms with Gasteiger partial charge in [0.1, 0.15) is 0 Å². The zero-order chi connectivity index (χ0) is 21.8. The predicted octanol–water partition coefficient (Wildman–Crippen LogP) is 3.82. The molecule has 0 fully saturated rings. The molecule has 2 N–H and O–H groups in total. The number of pyridine rings is 1. The van der Waals surface area contributed by atoms with Gasteiger partial charge < -0.3 is 10.4 Å². The summed E-state index contributed by atoms with van der Waals surface area (Å²) in [6.07, 6.45) is 0.0316. The first-order valence-corrected chi connectivity index (χ1v) is 9.33. The minimum Gasteiger partial charge on any atom is -0.476 e. The lowest BCUT2D eigenvalue weighted by atomic mass is 9.88. The zero-order valence-corrected chi connectivity index (χ0v) is 16.6. The van der Waals surface area contributed by atoms with Crippen molar-refractivity contribution in [3.8, 4) is 0 Å². The molecule has 8 nitrogen and oxygen atoms in total. The molecule has 0 radical (unpaired) electrons. The second-order valence-corrected chi connectivity index (χ2v) is 8.08. The molecule has 0 aromatic carbocycles. The summed E-state index contributed by atoms with van der Waals surface area (Å²) in [7, 11) is 0. The molecular weight excluding hydrogens is 420 g/mol. The van der Waals surface area contributed by atoms with E-state index in [0.717, 1.165) is 18.0 Å². The van der Waals surface area contributed by atoms with E-state index in [4.69, 9.17) is 16.7 Å². The molecule has 1 unspecified atom stereocenters. The molecule has 1 aliphatic carbocycles. The number of halogens is 3. The Morgan fingerprint density at radius 2 is 2.03 bits per heavy atom. The maximum Gasteiger partial charge on any atom is 0.354 e. The van der Waals surface area contributed by atoms with E-state index in [-0.39, 0.29) is 10.8 Å². The normalized spacial score (nSPS) is 17.3. The van der Waals surface area contributed by atoms with Gasteiger partial charge in [0.15, 0.2) is 16.5 Å². The van der Waals surface area contributed by atoms with Gasteiger partial charge >= 0.3 is 5.97 Å². The quantitative estimate of drug-likeness (QED) is 0.644. The van der Waals surface area contributed by atoms with Crippen molar-refractivity contribution >= 4 is 34.8 Å². The minimum absolute atomic E-state index is 0.0114. The van der Waals surface area contributed by atoms with Gasteiger partial charge in [-0.1, -0.05) is 25.4 Å². The average Bonchev–Trinajstić information content (AvgIpc) is 3.17. The molecule has 0 aliphatic heterocycles. The standard InChI is InChI=1S/C19H16ClF2N5O3/c1-19(2)5-10(11-7-23-13-4-12(20)26-27(13)15(11)19)17(28)25-8-3-9(16(21)22)14(18(29)30)24-6-8/h3-4,6-7,10,16H,5H2,1-2H3,(H,25,28)(H,29,30). The Labute approximate surface area is 173 Å². The minimum atomic E-state index is -3.05.